The summed E-state index contributed by atoms with van der Waals surface area (Å²) >= 11 is 0. The number of nitrogens with one attached hydrogen (secondary N) is 4. The number of amides is 1. The third kappa shape index (κ3) is 7.61. The van der Waals surface area contributed by atoms with Crippen LogP contribution in [0, 0.1) is 109 Å². The highest BCUT2D eigenvalue weighted by Gasteiger charge is 2.80. The summed E-state index contributed by atoms with van der Waals surface area (Å²) in [6, 6.07) is -0.505. The number of carbonyl (C=O) groups excluding carboxylic acids is 1. The molecule has 1 spiro atoms. The van der Waals surface area contributed by atoms with E-state index in [-0.39, 0.29) is 67.0 Å². The zero-order valence-corrected chi connectivity index (χ0v) is 47.6. The van der Waals surface area contributed by atoms with Crippen LogP contribution < -0.4 is 16.4 Å². The van der Waals surface area contributed by atoms with Gasteiger partial charge >= 0.3 is 5.97 Å². The molecule has 3 aliphatic heterocycles. The number of hydrogen-bond acceptors (Lipinski definition) is 15. The molecule has 2 saturated heterocycles. The maximum absolute atomic E-state index is 15.7. The molecule has 25 atom stereocenters. The monoisotopic (exact) mass is 1120 g/mol. The van der Waals surface area contributed by atoms with Crippen LogP contribution in [0.3, 0.4) is 0 Å². The van der Waals surface area contributed by atoms with Gasteiger partial charge in [-0.15, -0.1) is 0 Å². The number of carboxylic acids is 1. The second kappa shape index (κ2) is 19.8. The summed E-state index contributed by atoms with van der Waals surface area (Å²) in [4.78, 5) is 46.6. The quantitative estimate of drug-likeness (QED) is 0.0656. The van der Waals surface area contributed by atoms with Gasteiger partial charge in [0.2, 0.25) is 5.91 Å². The fourth-order valence-corrected chi connectivity index (χ4v) is 22.2. The molecule has 0 aromatic carbocycles. The van der Waals surface area contributed by atoms with Crippen molar-refractivity contribution in [3.05, 3.63) is 41.9 Å². The van der Waals surface area contributed by atoms with Crippen molar-refractivity contribution in [1.82, 2.24) is 25.3 Å². The summed E-state index contributed by atoms with van der Waals surface area (Å²) in [6.45, 7) is 8.65. The predicted molar refractivity (Wildman–Crippen MR) is 294 cm³/mol. The molecule has 6 saturated carbocycles. The lowest BCUT2D eigenvalue weighted by Crippen LogP contribution is -2.77. The molecule has 2 aromatic heterocycles. The zero-order valence-electron chi connectivity index (χ0n) is 47.6. The molecule has 8 fully saturated rings. The number of ether oxygens (including phenoxy) is 2. The number of rotatable bonds is 11. The van der Waals surface area contributed by atoms with Crippen LogP contribution in [0.25, 0.3) is 0 Å². The fourth-order valence-electron chi connectivity index (χ4n) is 22.2. The van der Waals surface area contributed by atoms with E-state index < -0.39 is 123 Å². The molecule has 19 heteroatoms. The third-order valence-electron chi connectivity index (χ3n) is 25.9. The number of allylic oxidation sites excluding steroid dienone is 2. The summed E-state index contributed by atoms with van der Waals surface area (Å²) in [7, 11) is 0. The van der Waals surface area contributed by atoms with Gasteiger partial charge in [0.05, 0.1) is 54.6 Å². The lowest BCUT2D eigenvalue weighted by atomic mass is 9.26. The molecule has 444 valence electrons. The Morgan fingerprint density at radius 3 is 2.41 bits per heavy atom. The number of aliphatic carboxylic acids is 1. The van der Waals surface area contributed by atoms with Crippen molar-refractivity contribution in [1.29, 1.82) is 0 Å². The number of fused-ring (bicyclic) bond motifs is 8. The summed E-state index contributed by atoms with van der Waals surface area (Å²) in [5, 5.41) is 102. The van der Waals surface area contributed by atoms with Crippen LogP contribution in [0.4, 0.5) is 5.82 Å². The molecule has 2 aromatic rings. The molecule has 11 aliphatic rings. The Morgan fingerprint density at radius 1 is 0.901 bits per heavy atom. The minimum Gasteiger partial charge on any atom is -0.481 e. The van der Waals surface area contributed by atoms with Crippen molar-refractivity contribution < 1.29 is 59.9 Å². The normalized spacial score (nSPS) is 49.5. The molecular weight excluding hydrogens is 1030 g/mol. The number of nitrogens with zero attached hydrogens (tertiary/aromatic N) is 2. The van der Waals surface area contributed by atoms with Crippen LogP contribution in [0.15, 0.2) is 30.5 Å². The van der Waals surface area contributed by atoms with E-state index in [0.29, 0.717) is 70.8 Å². The maximum Gasteiger partial charge on any atom is 0.310 e. The molecule has 8 aliphatic carbocycles. The predicted octanol–water partition coefficient (Wildman–Crippen LogP) is 3.95. The first-order valence-corrected chi connectivity index (χ1v) is 30.9. The molecule has 5 heterocycles. The van der Waals surface area contributed by atoms with Gasteiger partial charge in [-0.05, 0) is 152 Å². The van der Waals surface area contributed by atoms with Crippen molar-refractivity contribution in [2.45, 2.75) is 185 Å². The number of aliphatic hydroxyl groups is 7. The van der Waals surface area contributed by atoms with E-state index >= 15 is 4.79 Å². The second-order valence-electron chi connectivity index (χ2n) is 28.9. The topological polar surface area (TPSA) is 322 Å². The van der Waals surface area contributed by atoms with Gasteiger partial charge < -0.3 is 76.7 Å². The van der Waals surface area contributed by atoms with Crippen molar-refractivity contribution in [2.75, 3.05) is 31.7 Å². The second-order valence-corrected chi connectivity index (χ2v) is 28.9. The van der Waals surface area contributed by atoms with Crippen molar-refractivity contribution in [3.63, 3.8) is 0 Å². The summed E-state index contributed by atoms with van der Waals surface area (Å²) in [6.07, 6.45) is 7.78. The van der Waals surface area contributed by atoms with Crippen LogP contribution in [0.5, 0.6) is 0 Å². The lowest BCUT2D eigenvalue weighted by Gasteiger charge is -2.78. The number of nitrogens with two attached hydrogens (primary N) is 1. The Labute approximate surface area is 474 Å². The molecule has 25 unspecified atom stereocenters. The van der Waals surface area contributed by atoms with E-state index in [4.69, 9.17) is 20.2 Å². The van der Waals surface area contributed by atoms with Crippen LogP contribution in [-0.2, 0) is 25.5 Å². The summed E-state index contributed by atoms with van der Waals surface area (Å²) in [5.41, 5.74) is 2.89. The molecule has 14 N–H and O–H groups in total. The summed E-state index contributed by atoms with van der Waals surface area (Å²) in [5.74, 6) is 3.97. The highest BCUT2D eigenvalue weighted by Crippen LogP contribution is 2.82. The number of hydrogen-bond donors (Lipinski definition) is 13. The van der Waals surface area contributed by atoms with Gasteiger partial charge in [0.1, 0.15) is 30.4 Å². The van der Waals surface area contributed by atoms with Gasteiger partial charge in [-0.3, -0.25) is 9.59 Å². The van der Waals surface area contributed by atoms with Crippen molar-refractivity contribution in [2.24, 2.45) is 103 Å². The first kappa shape index (κ1) is 56.2. The number of imidazole rings is 2. The first-order valence-electron chi connectivity index (χ1n) is 30.9. The number of aliphatic hydroxyl groups excluding tert-OH is 7. The average Bonchev–Trinajstić information content (AvgIpc) is 1.10. The van der Waals surface area contributed by atoms with E-state index in [2.05, 4.69) is 64.3 Å². The van der Waals surface area contributed by atoms with E-state index in [1.165, 1.54) is 0 Å². The van der Waals surface area contributed by atoms with E-state index in [1.807, 2.05) is 6.92 Å². The number of H-pyrrole nitrogens is 2. The van der Waals surface area contributed by atoms with Gasteiger partial charge in [0.25, 0.3) is 0 Å². The minimum absolute atomic E-state index is 0.00358. The largest absolute Gasteiger partial charge is 0.481 e. The molecular formula is C62H89N7O12. The van der Waals surface area contributed by atoms with Gasteiger partial charge in [0, 0.05) is 54.3 Å². The number of carboxylic acid groups (broad SMARTS) is 1. The highest BCUT2D eigenvalue weighted by molar-refractivity contribution is 5.87. The Bertz CT molecular complexity index is 2830. The van der Waals surface area contributed by atoms with Crippen LogP contribution in [-0.4, -0.2) is 148 Å². The van der Waals surface area contributed by atoms with Crippen LogP contribution >= 0.6 is 0 Å². The third-order valence-corrected chi connectivity index (χ3v) is 25.9. The van der Waals surface area contributed by atoms with E-state index in [1.54, 1.807) is 18.9 Å². The first-order chi connectivity index (χ1) is 38.7. The molecule has 19 nitrogen and oxygen atoms in total. The van der Waals surface area contributed by atoms with Crippen LogP contribution in [0.2, 0.25) is 0 Å². The van der Waals surface area contributed by atoms with Crippen molar-refractivity contribution in [3.8, 4) is 11.8 Å². The van der Waals surface area contributed by atoms with Crippen LogP contribution in [0.1, 0.15) is 141 Å². The Hall–Kier alpha value is -3.94. The van der Waals surface area contributed by atoms with Gasteiger partial charge in [0.15, 0.2) is 6.29 Å². The Balaban J connectivity index is 1.10. The average molecular weight is 1120 g/mol. The van der Waals surface area contributed by atoms with Gasteiger partial charge in [-0.25, -0.2) is 9.97 Å². The molecule has 0 radical (unpaired) electrons. The SMILES string of the molecule is CC1(CO)CCC2(C(=O)O)C(C1)C1=CC3C#CC4CCCC45C(=O)NC(C(CCC(N)O)c4cnc[nH]4)C5CC4C(O)C(OC5OCC(O)C(O)C5O)C(C)(CO)C5CCC(C)(C3C45C3CCCC3)C1(C)C1Cc3[nH]cnc3NCC12. The zero-order chi connectivity index (χ0) is 57.0. The minimum atomic E-state index is -1.67. The number of anilines is 1. The highest BCUT2D eigenvalue weighted by atomic mass is 16.7. The standard InChI is InChI=1S/C62H89N7O12/c1-56(27-70)18-19-61(55(78)79)39(23-56)35-20-31-11-12-32-10-7-16-60(32)37(46(69-54(60)77)34(13-14-45(63)73)42-25-64-29-66-42)21-38-47(74)51(81-53-49(76)48(75)43(72)26-80-53)57(2,28-71)44-15-17-58(3,50(31)62(38,44)33-8-5-6-9-33)59(35,4)36-22-41-52(68-30-67-41)65-24-40(36)61/h20,25,29-34,36-40,43-51,53,65,70-76H,5-10,13-19,21-24,26-28,63H2,1-4H3,(H,64,66)(H,67,68)(H,69,77)(H,78,79). The fraction of sp³-hybridized carbons (Fsp3) is 0.806. The Morgan fingerprint density at radius 2 is 1.69 bits per heavy atom. The maximum atomic E-state index is 15.7. The molecule has 81 heavy (non-hydrogen) atoms. The molecule has 0 bridgehead atoms. The summed E-state index contributed by atoms with van der Waals surface area (Å²) < 4.78 is 13.0. The Kier molecular flexibility index (Phi) is 13.7. The lowest BCUT2D eigenvalue weighted by molar-refractivity contribution is -0.352. The number of aromatic amines is 2. The number of aromatic nitrogens is 4. The van der Waals surface area contributed by atoms with E-state index in [9.17, 15) is 45.6 Å². The smallest absolute Gasteiger partial charge is 0.310 e. The molecule has 13 rings (SSSR count). The van der Waals surface area contributed by atoms with Gasteiger partial charge in [-0.2, -0.15) is 0 Å². The number of carbonyl (C=O) groups is 2. The molecule has 1 amide bonds. The van der Waals surface area contributed by atoms with E-state index in [0.717, 1.165) is 54.9 Å². The van der Waals surface area contributed by atoms with Gasteiger partial charge in [-0.1, -0.05) is 70.4 Å². The van der Waals surface area contributed by atoms with Crippen molar-refractivity contribution >= 4 is 17.7 Å².